The molecule has 15 heavy (non-hydrogen) atoms. The second kappa shape index (κ2) is 5.04. The average molecular weight is 217 g/mol. The molecule has 5 heteroatoms. The molecule has 0 spiro atoms. The first-order valence-electron chi connectivity index (χ1n) is 4.49. The summed E-state index contributed by atoms with van der Waals surface area (Å²) >= 11 is 0. The lowest BCUT2D eigenvalue weighted by atomic mass is 10.2. The number of rotatable bonds is 4. The van der Waals surface area contributed by atoms with Gasteiger partial charge in [-0.25, -0.2) is 8.78 Å². The van der Waals surface area contributed by atoms with Crippen LogP contribution in [0.3, 0.4) is 0 Å². The number of aliphatic hydroxyl groups excluding tert-OH is 2. The fourth-order valence-corrected chi connectivity index (χ4v) is 1.27. The summed E-state index contributed by atoms with van der Waals surface area (Å²) in [7, 11) is 1.52. The Kier molecular flexibility index (Phi) is 3.99. The molecule has 84 valence electrons. The molecule has 0 amide bonds. The first kappa shape index (κ1) is 11.9. The van der Waals surface area contributed by atoms with Gasteiger partial charge in [-0.1, -0.05) is 0 Å². The number of halogens is 2. The standard InChI is InChI=1S/C10H13F2NO2/c1-13(8(5-14)6-15)10-3-2-7(11)4-9(10)12/h2-4,8,14-15H,5-6H2,1H3. The van der Waals surface area contributed by atoms with Crippen molar-refractivity contribution in [2.75, 3.05) is 25.2 Å². The molecule has 0 saturated heterocycles. The molecule has 0 heterocycles. The maximum atomic E-state index is 13.3. The average Bonchev–Trinajstić information content (AvgIpc) is 2.19. The SMILES string of the molecule is CN(c1ccc(F)cc1F)C(CO)CO. The highest BCUT2D eigenvalue weighted by Crippen LogP contribution is 2.20. The number of hydrogen-bond acceptors (Lipinski definition) is 3. The summed E-state index contributed by atoms with van der Waals surface area (Å²) in [5.74, 6) is -1.38. The highest BCUT2D eigenvalue weighted by Gasteiger charge is 2.16. The maximum Gasteiger partial charge on any atom is 0.149 e. The van der Waals surface area contributed by atoms with Crippen LogP contribution in [0.1, 0.15) is 0 Å². The van der Waals surface area contributed by atoms with Gasteiger partial charge in [-0.15, -0.1) is 0 Å². The van der Waals surface area contributed by atoms with E-state index in [1.54, 1.807) is 0 Å². The number of likely N-dealkylation sites (N-methyl/N-ethyl adjacent to an activating group) is 1. The van der Waals surface area contributed by atoms with E-state index in [-0.39, 0.29) is 18.9 Å². The summed E-state index contributed by atoms with van der Waals surface area (Å²) in [5, 5.41) is 17.8. The smallest absolute Gasteiger partial charge is 0.149 e. The zero-order valence-electron chi connectivity index (χ0n) is 8.32. The summed E-state index contributed by atoms with van der Waals surface area (Å²) in [6.45, 7) is -0.604. The Morgan fingerprint density at radius 3 is 2.33 bits per heavy atom. The van der Waals surface area contributed by atoms with Gasteiger partial charge < -0.3 is 15.1 Å². The summed E-state index contributed by atoms with van der Waals surface area (Å²) in [5.41, 5.74) is 0.143. The lowest BCUT2D eigenvalue weighted by molar-refractivity contribution is 0.190. The summed E-state index contributed by atoms with van der Waals surface area (Å²) in [6.07, 6.45) is 0. The van der Waals surface area contributed by atoms with Crippen molar-refractivity contribution < 1.29 is 19.0 Å². The van der Waals surface area contributed by atoms with Gasteiger partial charge in [0.2, 0.25) is 0 Å². The molecule has 0 radical (unpaired) electrons. The Morgan fingerprint density at radius 2 is 1.87 bits per heavy atom. The van der Waals surface area contributed by atoms with Gasteiger partial charge in [0.25, 0.3) is 0 Å². The van der Waals surface area contributed by atoms with Crippen molar-refractivity contribution in [2.24, 2.45) is 0 Å². The van der Waals surface area contributed by atoms with Crippen molar-refractivity contribution in [2.45, 2.75) is 6.04 Å². The third kappa shape index (κ3) is 2.64. The van der Waals surface area contributed by atoms with Crippen LogP contribution in [0, 0.1) is 11.6 Å². The second-order valence-corrected chi connectivity index (χ2v) is 3.23. The molecule has 0 fully saturated rings. The molecule has 0 unspecified atom stereocenters. The minimum atomic E-state index is -0.718. The van der Waals surface area contributed by atoms with Gasteiger partial charge >= 0.3 is 0 Å². The van der Waals surface area contributed by atoms with Crippen LogP contribution in [-0.2, 0) is 0 Å². The molecule has 0 aliphatic carbocycles. The van der Waals surface area contributed by atoms with Crippen molar-refractivity contribution in [3.63, 3.8) is 0 Å². The molecular formula is C10H13F2NO2. The number of nitrogens with zero attached hydrogens (tertiary/aromatic N) is 1. The van der Waals surface area contributed by atoms with Crippen molar-refractivity contribution >= 4 is 5.69 Å². The van der Waals surface area contributed by atoms with E-state index < -0.39 is 17.7 Å². The fraction of sp³-hybridized carbons (Fsp3) is 0.400. The van der Waals surface area contributed by atoms with Gasteiger partial charge in [0.1, 0.15) is 11.6 Å². The minimum Gasteiger partial charge on any atom is -0.394 e. The van der Waals surface area contributed by atoms with Crippen LogP contribution >= 0.6 is 0 Å². The zero-order valence-corrected chi connectivity index (χ0v) is 8.32. The monoisotopic (exact) mass is 217 g/mol. The molecule has 1 aromatic rings. The van der Waals surface area contributed by atoms with Crippen molar-refractivity contribution in [1.29, 1.82) is 0 Å². The molecule has 0 aromatic heterocycles. The molecule has 2 N–H and O–H groups in total. The van der Waals surface area contributed by atoms with Crippen molar-refractivity contribution in [3.05, 3.63) is 29.8 Å². The second-order valence-electron chi connectivity index (χ2n) is 3.23. The molecule has 0 saturated carbocycles. The topological polar surface area (TPSA) is 43.7 Å². The molecular weight excluding hydrogens is 204 g/mol. The number of hydrogen-bond donors (Lipinski definition) is 2. The van der Waals surface area contributed by atoms with E-state index in [0.29, 0.717) is 0 Å². The third-order valence-corrected chi connectivity index (χ3v) is 2.26. The van der Waals surface area contributed by atoms with Crippen LogP contribution < -0.4 is 4.90 Å². The normalized spacial score (nSPS) is 10.8. The van der Waals surface area contributed by atoms with Crippen LogP contribution in [0.15, 0.2) is 18.2 Å². The molecule has 3 nitrogen and oxygen atoms in total. The number of aliphatic hydroxyl groups is 2. The van der Waals surface area contributed by atoms with E-state index in [9.17, 15) is 8.78 Å². The number of anilines is 1. The molecule has 0 aliphatic rings. The first-order valence-corrected chi connectivity index (χ1v) is 4.49. The van der Waals surface area contributed by atoms with Gasteiger partial charge in [0.05, 0.1) is 24.9 Å². The Morgan fingerprint density at radius 1 is 1.27 bits per heavy atom. The van der Waals surface area contributed by atoms with E-state index in [1.807, 2.05) is 0 Å². The largest absolute Gasteiger partial charge is 0.394 e. The molecule has 1 aromatic carbocycles. The summed E-state index contributed by atoms with van der Waals surface area (Å²) in [6, 6.07) is 2.56. The molecule has 0 bridgehead atoms. The van der Waals surface area contributed by atoms with Crippen molar-refractivity contribution in [3.8, 4) is 0 Å². The summed E-state index contributed by atoms with van der Waals surface area (Å²) < 4.78 is 25.9. The van der Waals surface area contributed by atoms with Crippen molar-refractivity contribution in [1.82, 2.24) is 0 Å². The first-order chi connectivity index (χ1) is 7.10. The van der Waals surface area contributed by atoms with E-state index in [2.05, 4.69) is 0 Å². The highest BCUT2D eigenvalue weighted by atomic mass is 19.1. The zero-order chi connectivity index (χ0) is 11.4. The Labute approximate surface area is 86.6 Å². The Balaban J connectivity index is 2.94. The molecule has 1 rings (SSSR count). The van der Waals surface area contributed by atoms with Crippen LogP contribution in [0.2, 0.25) is 0 Å². The third-order valence-electron chi connectivity index (χ3n) is 2.26. The van der Waals surface area contributed by atoms with E-state index in [4.69, 9.17) is 10.2 Å². The van der Waals surface area contributed by atoms with Gasteiger partial charge in [-0.3, -0.25) is 0 Å². The molecule has 0 aliphatic heterocycles. The van der Waals surface area contributed by atoms with Gasteiger partial charge in [-0.2, -0.15) is 0 Å². The van der Waals surface area contributed by atoms with Crippen LogP contribution in [0.5, 0.6) is 0 Å². The fourth-order valence-electron chi connectivity index (χ4n) is 1.27. The van der Waals surface area contributed by atoms with Gasteiger partial charge in [0, 0.05) is 13.1 Å². The quantitative estimate of drug-likeness (QED) is 0.782. The van der Waals surface area contributed by atoms with E-state index in [1.165, 1.54) is 18.0 Å². The minimum absolute atomic E-state index is 0.143. The lowest BCUT2D eigenvalue weighted by Gasteiger charge is -2.27. The van der Waals surface area contributed by atoms with Crippen LogP contribution in [-0.4, -0.2) is 36.5 Å². The van der Waals surface area contributed by atoms with Gasteiger partial charge in [-0.05, 0) is 12.1 Å². The van der Waals surface area contributed by atoms with Crippen LogP contribution in [0.4, 0.5) is 14.5 Å². The van der Waals surface area contributed by atoms with E-state index in [0.717, 1.165) is 12.1 Å². The predicted octanol–water partition coefficient (Wildman–Crippen LogP) is 0.754. The predicted molar refractivity (Wildman–Crippen MR) is 52.7 cm³/mol. The number of benzene rings is 1. The summed E-state index contributed by atoms with van der Waals surface area (Å²) in [4.78, 5) is 1.37. The molecule has 0 atom stereocenters. The lowest BCUT2D eigenvalue weighted by Crippen LogP contribution is -2.38. The highest BCUT2D eigenvalue weighted by molar-refractivity contribution is 5.48. The van der Waals surface area contributed by atoms with E-state index >= 15 is 0 Å². The Hall–Kier alpha value is -1.20. The van der Waals surface area contributed by atoms with Crippen LogP contribution in [0.25, 0.3) is 0 Å². The Bertz CT molecular complexity index is 329. The maximum absolute atomic E-state index is 13.3. The van der Waals surface area contributed by atoms with Gasteiger partial charge in [0.15, 0.2) is 0 Å².